The van der Waals surface area contributed by atoms with Gasteiger partial charge in [-0.25, -0.2) is 0 Å². The van der Waals surface area contributed by atoms with Crippen molar-refractivity contribution in [2.75, 3.05) is 24.7 Å². The number of carbonyl (C=O) groups excluding carboxylic acids is 1. The van der Waals surface area contributed by atoms with E-state index < -0.39 is 39.0 Å². The number of alkyl halides is 3. The van der Waals surface area contributed by atoms with Gasteiger partial charge in [-0.2, -0.15) is 21.6 Å². The van der Waals surface area contributed by atoms with Gasteiger partial charge in [0.1, 0.15) is 5.84 Å². The number of likely N-dealkylation sites (tertiary alicyclic amines) is 1. The Labute approximate surface area is 160 Å². The average Bonchev–Trinajstić information content (AvgIpc) is 2.77. The molecule has 0 bridgehead atoms. The van der Waals surface area contributed by atoms with E-state index >= 15 is 0 Å². The summed E-state index contributed by atoms with van der Waals surface area (Å²) in [5.41, 5.74) is -4.41. The van der Waals surface area contributed by atoms with E-state index in [1.807, 2.05) is 4.90 Å². The van der Waals surface area contributed by atoms with Crippen molar-refractivity contribution in [1.82, 2.24) is 4.90 Å². The molecule has 0 saturated carbocycles. The molecule has 11 heteroatoms. The van der Waals surface area contributed by atoms with E-state index in [1.54, 1.807) is 7.05 Å². The summed E-state index contributed by atoms with van der Waals surface area (Å²) >= 11 is -0.462. The molecule has 0 aliphatic carbocycles. The Morgan fingerprint density at radius 3 is 2.74 bits per heavy atom. The van der Waals surface area contributed by atoms with Crippen LogP contribution >= 0.6 is 11.8 Å². The van der Waals surface area contributed by atoms with E-state index in [2.05, 4.69) is 9.71 Å². The minimum atomic E-state index is -4.51. The van der Waals surface area contributed by atoms with Crippen molar-refractivity contribution < 1.29 is 26.4 Å². The van der Waals surface area contributed by atoms with Gasteiger partial charge in [-0.1, -0.05) is 12.5 Å². The van der Waals surface area contributed by atoms with Crippen LogP contribution in [-0.4, -0.2) is 49.9 Å². The van der Waals surface area contributed by atoms with Gasteiger partial charge in [0.2, 0.25) is 5.91 Å². The molecular formula is C16H20F3N3O3S2. The molecule has 1 N–H and O–H groups in total. The minimum absolute atomic E-state index is 0.0956. The molecule has 6 nitrogen and oxygen atoms in total. The highest BCUT2D eigenvalue weighted by atomic mass is 32.2. The number of amidine groups is 1. The molecule has 1 fully saturated rings. The van der Waals surface area contributed by atoms with Crippen molar-refractivity contribution in [3.05, 3.63) is 24.3 Å². The van der Waals surface area contributed by atoms with Gasteiger partial charge in [0, 0.05) is 25.7 Å². The molecule has 1 saturated heterocycles. The Hall–Kier alpha value is -1.75. The number of rotatable bonds is 5. The first-order valence-electron chi connectivity index (χ1n) is 8.22. The predicted molar refractivity (Wildman–Crippen MR) is 99.3 cm³/mol. The standard InChI is InChI=1S/C16H20F3N3O3S2/c1-22-9-4-2-3-8-14(22)21-27(24,25)13-7-5-6-12(10-13)20-15(23)11-26-16(17,18)19/h5-7,10H,2-4,8-9,11H2,1H3,(H,20,23)/b21-14+. The van der Waals surface area contributed by atoms with Crippen LogP contribution in [0.3, 0.4) is 0 Å². The van der Waals surface area contributed by atoms with Gasteiger partial charge in [-0.15, -0.1) is 4.40 Å². The first-order chi connectivity index (χ1) is 12.6. The fourth-order valence-corrected chi connectivity index (χ4v) is 4.02. The molecule has 1 amide bonds. The van der Waals surface area contributed by atoms with E-state index in [4.69, 9.17) is 0 Å². The maximum Gasteiger partial charge on any atom is 0.442 e. The number of sulfonamides is 1. The van der Waals surface area contributed by atoms with Gasteiger partial charge in [0.05, 0.1) is 10.6 Å². The monoisotopic (exact) mass is 423 g/mol. The fourth-order valence-electron chi connectivity index (χ4n) is 2.51. The van der Waals surface area contributed by atoms with Gasteiger partial charge in [-0.3, -0.25) is 4.79 Å². The molecule has 2 rings (SSSR count). The van der Waals surface area contributed by atoms with Crippen LogP contribution in [0.4, 0.5) is 18.9 Å². The lowest BCUT2D eigenvalue weighted by Crippen LogP contribution is -2.26. The number of nitrogens with zero attached hydrogens (tertiary/aromatic N) is 2. The number of halogens is 3. The lowest BCUT2D eigenvalue weighted by Gasteiger charge is -2.17. The molecule has 1 heterocycles. The van der Waals surface area contributed by atoms with E-state index in [9.17, 15) is 26.4 Å². The number of carbonyl (C=O) groups is 1. The summed E-state index contributed by atoms with van der Waals surface area (Å²) in [4.78, 5) is 13.3. The topological polar surface area (TPSA) is 78.8 Å². The number of benzene rings is 1. The first kappa shape index (κ1) is 21.5. The van der Waals surface area contributed by atoms with Crippen molar-refractivity contribution >= 4 is 39.2 Å². The molecule has 0 unspecified atom stereocenters. The van der Waals surface area contributed by atoms with Gasteiger partial charge in [0.25, 0.3) is 10.0 Å². The number of amides is 1. The Kier molecular flexibility index (Phi) is 7.15. The second-order valence-corrected chi connectivity index (χ2v) is 8.67. The van der Waals surface area contributed by atoms with Gasteiger partial charge in [-0.05, 0) is 42.8 Å². The third-order valence-corrected chi connectivity index (χ3v) is 5.88. The second-order valence-electron chi connectivity index (χ2n) is 6.03. The summed E-state index contributed by atoms with van der Waals surface area (Å²) in [6, 6.07) is 5.32. The minimum Gasteiger partial charge on any atom is -0.362 e. The van der Waals surface area contributed by atoms with Crippen LogP contribution < -0.4 is 5.32 Å². The van der Waals surface area contributed by atoms with E-state index in [0.717, 1.165) is 25.8 Å². The third kappa shape index (κ3) is 7.06. The van der Waals surface area contributed by atoms with E-state index in [0.29, 0.717) is 12.3 Å². The highest BCUT2D eigenvalue weighted by Crippen LogP contribution is 2.30. The van der Waals surface area contributed by atoms with E-state index in [1.165, 1.54) is 24.3 Å². The Morgan fingerprint density at radius 1 is 1.30 bits per heavy atom. The molecule has 150 valence electrons. The smallest absolute Gasteiger partial charge is 0.362 e. The predicted octanol–water partition coefficient (Wildman–Crippen LogP) is 3.47. The van der Waals surface area contributed by atoms with Crippen LogP contribution in [0.2, 0.25) is 0 Å². The van der Waals surface area contributed by atoms with Crippen LogP contribution in [0.25, 0.3) is 0 Å². The summed E-state index contributed by atoms with van der Waals surface area (Å²) < 4.78 is 65.5. The first-order valence-corrected chi connectivity index (χ1v) is 10.6. The lowest BCUT2D eigenvalue weighted by molar-refractivity contribution is -0.114. The molecule has 0 radical (unpaired) electrons. The normalized spacial score (nSPS) is 17.6. The highest BCUT2D eigenvalue weighted by molar-refractivity contribution is 8.00. The Morgan fingerprint density at radius 2 is 2.04 bits per heavy atom. The summed E-state index contributed by atoms with van der Waals surface area (Å²) in [6.45, 7) is 0.724. The summed E-state index contributed by atoms with van der Waals surface area (Å²) in [5, 5.41) is 2.27. The third-order valence-electron chi connectivity index (χ3n) is 3.84. The van der Waals surface area contributed by atoms with Gasteiger partial charge < -0.3 is 10.2 Å². The summed E-state index contributed by atoms with van der Waals surface area (Å²) in [5.74, 6) is -1.21. The van der Waals surface area contributed by atoms with Crippen molar-refractivity contribution in [3.8, 4) is 0 Å². The van der Waals surface area contributed by atoms with Crippen molar-refractivity contribution in [3.63, 3.8) is 0 Å². The van der Waals surface area contributed by atoms with Crippen LogP contribution in [0.15, 0.2) is 33.6 Å². The van der Waals surface area contributed by atoms with Crippen molar-refractivity contribution in [2.45, 2.75) is 36.1 Å². The molecule has 1 aromatic rings. The molecule has 0 aromatic heterocycles. The Bertz CT molecular complexity index is 811. The fraction of sp³-hybridized carbons (Fsp3) is 0.500. The molecule has 1 aromatic carbocycles. The largest absolute Gasteiger partial charge is 0.442 e. The molecule has 27 heavy (non-hydrogen) atoms. The Balaban J connectivity index is 2.14. The molecule has 0 atom stereocenters. The highest BCUT2D eigenvalue weighted by Gasteiger charge is 2.29. The van der Waals surface area contributed by atoms with E-state index in [-0.39, 0.29) is 10.6 Å². The number of hydrogen-bond donors (Lipinski definition) is 1. The second kappa shape index (κ2) is 8.96. The summed E-state index contributed by atoms with van der Waals surface area (Å²) in [6.07, 6.45) is 3.38. The zero-order valence-corrected chi connectivity index (χ0v) is 16.3. The van der Waals surface area contributed by atoms with Crippen LogP contribution in [-0.2, 0) is 14.8 Å². The van der Waals surface area contributed by atoms with Gasteiger partial charge in [0.15, 0.2) is 0 Å². The number of nitrogens with one attached hydrogen (secondary N) is 1. The average molecular weight is 423 g/mol. The van der Waals surface area contributed by atoms with Gasteiger partial charge >= 0.3 is 5.51 Å². The maximum absolute atomic E-state index is 12.6. The zero-order chi connectivity index (χ0) is 20.1. The quantitative estimate of drug-likeness (QED) is 0.785. The molecular weight excluding hydrogens is 403 g/mol. The lowest BCUT2D eigenvalue weighted by atomic mass is 10.2. The zero-order valence-electron chi connectivity index (χ0n) is 14.6. The molecule has 1 aliphatic heterocycles. The molecule has 0 spiro atoms. The van der Waals surface area contributed by atoms with Crippen molar-refractivity contribution in [1.29, 1.82) is 0 Å². The van der Waals surface area contributed by atoms with Crippen LogP contribution in [0, 0.1) is 0 Å². The molecule has 1 aliphatic rings. The van der Waals surface area contributed by atoms with Crippen LogP contribution in [0.5, 0.6) is 0 Å². The van der Waals surface area contributed by atoms with Crippen LogP contribution in [0.1, 0.15) is 25.7 Å². The number of thioether (sulfide) groups is 1. The van der Waals surface area contributed by atoms with Crippen molar-refractivity contribution in [2.24, 2.45) is 4.40 Å². The summed E-state index contributed by atoms with van der Waals surface area (Å²) in [7, 11) is -2.21. The maximum atomic E-state index is 12.6. The SMILES string of the molecule is CN1CCCCC/C1=N\S(=O)(=O)c1cccc(NC(=O)CSC(F)(F)F)c1. The number of hydrogen-bond acceptors (Lipinski definition) is 4. The number of anilines is 1.